The van der Waals surface area contributed by atoms with E-state index in [9.17, 15) is 18.0 Å². The molecule has 0 bridgehead atoms. The van der Waals surface area contributed by atoms with Crippen LogP contribution in [0.3, 0.4) is 0 Å². The minimum atomic E-state index is -4.17. The second-order valence-corrected chi connectivity index (χ2v) is 4.85. The standard InChI is InChI=1S/C10H19F3N2O/c1-9(2,3)7(14)8(16)15-6-4-5-10(11,12)13/h7H,4-6,14H2,1-3H3,(H,15,16)/t7-/m1/s1. The molecule has 0 aliphatic heterocycles. The number of carbonyl (C=O) groups is 1. The van der Waals surface area contributed by atoms with Crippen molar-refractivity contribution in [3.05, 3.63) is 0 Å². The Morgan fingerprint density at radius 1 is 1.31 bits per heavy atom. The van der Waals surface area contributed by atoms with Gasteiger partial charge in [0.15, 0.2) is 0 Å². The van der Waals surface area contributed by atoms with Crippen LogP contribution in [0.2, 0.25) is 0 Å². The Labute approximate surface area is 93.6 Å². The van der Waals surface area contributed by atoms with Gasteiger partial charge >= 0.3 is 6.18 Å². The third-order valence-corrected chi connectivity index (χ3v) is 2.15. The Hall–Kier alpha value is -0.780. The van der Waals surface area contributed by atoms with Gasteiger partial charge in [-0.1, -0.05) is 20.8 Å². The molecular weight excluding hydrogens is 221 g/mol. The number of nitrogens with one attached hydrogen (secondary N) is 1. The molecule has 0 unspecified atom stereocenters. The average Bonchev–Trinajstić information content (AvgIpc) is 2.07. The smallest absolute Gasteiger partial charge is 0.355 e. The van der Waals surface area contributed by atoms with Crippen molar-refractivity contribution in [2.75, 3.05) is 6.54 Å². The second-order valence-electron chi connectivity index (χ2n) is 4.85. The summed E-state index contributed by atoms with van der Waals surface area (Å²) < 4.78 is 35.4. The fourth-order valence-corrected chi connectivity index (χ4v) is 1.00. The Balaban J connectivity index is 3.83. The molecule has 0 fully saturated rings. The zero-order valence-electron chi connectivity index (χ0n) is 9.82. The molecule has 0 aliphatic rings. The molecule has 0 aliphatic carbocycles. The van der Waals surface area contributed by atoms with Gasteiger partial charge < -0.3 is 11.1 Å². The number of halogens is 3. The number of nitrogens with two attached hydrogens (primary N) is 1. The molecule has 6 heteroatoms. The summed E-state index contributed by atoms with van der Waals surface area (Å²) >= 11 is 0. The van der Waals surface area contributed by atoms with Crippen molar-refractivity contribution in [2.24, 2.45) is 11.1 Å². The lowest BCUT2D eigenvalue weighted by atomic mass is 9.87. The minimum Gasteiger partial charge on any atom is -0.355 e. The van der Waals surface area contributed by atoms with Gasteiger partial charge in [-0.2, -0.15) is 13.2 Å². The van der Waals surface area contributed by atoms with Crippen molar-refractivity contribution in [1.82, 2.24) is 5.32 Å². The summed E-state index contributed by atoms with van der Waals surface area (Å²) in [6.07, 6.45) is -5.18. The second kappa shape index (κ2) is 5.52. The highest BCUT2D eigenvalue weighted by atomic mass is 19.4. The van der Waals surface area contributed by atoms with Gasteiger partial charge in [0.05, 0.1) is 6.04 Å². The highest BCUT2D eigenvalue weighted by Crippen LogP contribution is 2.21. The predicted molar refractivity (Wildman–Crippen MR) is 55.7 cm³/mol. The third kappa shape index (κ3) is 6.66. The number of amides is 1. The number of alkyl halides is 3. The van der Waals surface area contributed by atoms with Crippen LogP contribution in [0.15, 0.2) is 0 Å². The summed E-state index contributed by atoms with van der Waals surface area (Å²) in [5.41, 5.74) is 5.23. The molecule has 0 aromatic heterocycles. The van der Waals surface area contributed by atoms with Gasteiger partial charge in [-0.25, -0.2) is 0 Å². The molecule has 96 valence electrons. The SMILES string of the molecule is CC(C)(C)[C@H](N)C(=O)NCCCC(F)(F)F. The zero-order valence-corrected chi connectivity index (χ0v) is 9.82. The fourth-order valence-electron chi connectivity index (χ4n) is 1.00. The molecule has 1 amide bonds. The monoisotopic (exact) mass is 240 g/mol. The molecular formula is C10H19F3N2O. The molecule has 0 aromatic carbocycles. The summed E-state index contributed by atoms with van der Waals surface area (Å²) in [6.45, 7) is 5.40. The van der Waals surface area contributed by atoms with E-state index < -0.39 is 30.0 Å². The summed E-state index contributed by atoms with van der Waals surface area (Å²) in [6, 6.07) is -0.710. The molecule has 0 heterocycles. The highest BCUT2D eigenvalue weighted by Gasteiger charge is 2.28. The Morgan fingerprint density at radius 2 is 1.81 bits per heavy atom. The van der Waals surface area contributed by atoms with Crippen LogP contribution in [0.25, 0.3) is 0 Å². The molecule has 1 atom stereocenters. The van der Waals surface area contributed by atoms with Crippen LogP contribution in [0, 0.1) is 5.41 Å². The van der Waals surface area contributed by atoms with Gasteiger partial charge in [0.1, 0.15) is 0 Å². The van der Waals surface area contributed by atoms with Gasteiger partial charge in [0, 0.05) is 13.0 Å². The fraction of sp³-hybridized carbons (Fsp3) is 0.900. The number of rotatable bonds is 4. The first-order valence-corrected chi connectivity index (χ1v) is 5.14. The lowest BCUT2D eigenvalue weighted by Gasteiger charge is -2.25. The normalized spacial score (nSPS) is 14.7. The first-order valence-electron chi connectivity index (χ1n) is 5.14. The maximum Gasteiger partial charge on any atom is 0.389 e. The highest BCUT2D eigenvalue weighted by molar-refractivity contribution is 5.82. The molecule has 0 spiro atoms. The summed E-state index contributed by atoms with van der Waals surface area (Å²) in [5, 5.41) is 2.40. The van der Waals surface area contributed by atoms with E-state index in [1.807, 2.05) is 0 Å². The van der Waals surface area contributed by atoms with Crippen LogP contribution in [-0.4, -0.2) is 24.7 Å². The summed E-state index contributed by atoms with van der Waals surface area (Å²) in [5.74, 6) is -0.408. The predicted octanol–water partition coefficient (Wildman–Crippen LogP) is 1.82. The molecule has 0 rings (SSSR count). The Bertz CT molecular complexity index is 233. The number of hydrogen-bond acceptors (Lipinski definition) is 2. The van der Waals surface area contributed by atoms with E-state index in [4.69, 9.17) is 5.73 Å². The van der Waals surface area contributed by atoms with Crippen molar-refractivity contribution in [1.29, 1.82) is 0 Å². The molecule has 3 nitrogen and oxygen atoms in total. The summed E-state index contributed by atoms with van der Waals surface area (Å²) in [4.78, 5) is 11.4. The topological polar surface area (TPSA) is 55.1 Å². The lowest BCUT2D eigenvalue weighted by molar-refractivity contribution is -0.136. The Morgan fingerprint density at radius 3 is 2.19 bits per heavy atom. The molecule has 0 radical (unpaired) electrons. The lowest BCUT2D eigenvalue weighted by Crippen LogP contribution is -2.48. The van der Waals surface area contributed by atoms with Crippen LogP contribution >= 0.6 is 0 Å². The van der Waals surface area contributed by atoms with E-state index in [1.54, 1.807) is 20.8 Å². The van der Waals surface area contributed by atoms with Crippen LogP contribution in [0.4, 0.5) is 13.2 Å². The van der Waals surface area contributed by atoms with E-state index in [-0.39, 0.29) is 13.0 Å². The third-order valence-electron chi connectivity index (χ3n) is 2.15. The number of carbonyl (C=O) groups excluding carboxylic acids is 1. The van der Waals surface area contributed by atoms with Crippen LogP contribution < -0.4 is 11.1 Å². The zero-order chi connectivity index (χ0) is 13.0. The molecule has 0 aromatic rings. The van der Waals surface area contributed by atoms with Crippen molar-refractivity contribution in [2.45, 2.75) is 45.8 Å². The average molecular weight is 240 g/mol. The van der Waals surface area contributed by atoms with E-state index >= 15 is 0 Å². The molecule has 0 saturated heterocycles. The van der Waals surface area contributed by atoms with E-state index in [0.29, 0.717) is 0 Å². The van der Waals surface area contributed by atoms with E-state index in [0.717, 1.165) is 0 Å². The van der Waals surface area contributed by atoms with Gasteiger partial charge in [0.25, 0.3) is 0 Å². The van der Waals surface area contributed by atoms with Gasteiger partial charge in [-0.3, -0.25) is 4.79 Å². The van der Waals surface area contributed by atoms with Crippen molar-refractivity contribution < 1.29 is 18.0 Å². The minimum absolute atomic E-state index is 0.00211. The maximum atomic E-state index is 11.8. The van der Waals surface area contributed by atoms with Crippen molar-refractivity contribution in [3.8, 4) is 0 Å². The van der Waals surface area contributed by atoms with Crippen LogP contribution in [-0.2, 0) is 4.79 Å². The van der Waals surface area contributed by atoms with Crippen LogP contribution in [0.5, 0.6) is 0 Å². The number of hydrogen-bond donors (Lipinski definition) is 2. The maximum absolute atomic E-state index is 11.8. The van der Waals surface area contributed by atoms with Crippen molar-refractivity contribution in [3.63, 3.8) is 0 Å². The van der Waals surface area contributed by atoms with Crippen LogP contribution in [0.1, 0.15) is 33.6 Å². The first kappa shape index (κ1) is 15.2. The van der Waals surface area contributed by atoms with Gasteiger partial charge in [-0.15, -0.1) is 0 Å². The van der Waals surface area contributed by atoms with Gasteiger partial charge in [-0.05, 0) is 11.8 Å². The quantitative estimate of drug-likeness (QED) is 0.736. The van der Waals surface area contributed by atoms with Crippen molar-refractivity contribution >= 4 is 5.91 Å². The van der Waals surface area contributed by atoms with E-state index in [1.165, 1.54) is 0 Å². The largest absolute Gasteiger partial charge is 0.389 e. The first-order chi connectivity index (χ1) is 7.04. The molecule has 3 N–H and O–H groups in total. The van der Waals surface area contributed by atoms with Gasteiger partial charge in [0.2, 0.25) is 5.91 Å². The van der Waals surface area contributed by atoms with E-state index in [2.05, 4.69) is 5.32 Å². The summed E-state index contributed by atoms with van der Waals surface area (Å²) in [7, 11) is 0. The Kier molecular flexibility index (Phi) is 5.25. The molecule has 0 saturated carbocycles. The molecule has 16 heavy (non-hydrogen) atoms.